The van der Waals surface area contributed by atoms with Gasteiger partial charge in [0.2, 0.25) is 5.60 Å². The molecule has 1 aliphatic heterocycles. The number of nitrogens with zero attached hydrogens (tertiary/aromatic N) is 1. The molecule has 0 radical (unpaired) electrons. The molecule has 5 N–H and O–H groups in total. The van der Waals surface area contributed by atoms with Crippen LogP contribution < -0.4 is 20.5 Å². The Morgan fingerprint density at radius 3 is 2.45 bits per heavy atom. The van der Waals surface area contributed by atoms with Crippen LogP contribution in [0.25, 0.3) is 11.3 Å². The van der Waals surface area contributed by atoms with Gasteiger partial charge in [-0.1, -0.05) is 0 Å². The lowest BCUT2D eigenvalue weighted by Crippen LogP contribution is -2.51. The molecule has 1 amide bonds. The number of rotatable bonds is 8. The van der Waals surface area contributed by atoms with Gasteiger partial charge in [0, 0.05) is 16.7 Å². The molecular weight excluding hydrogens is 510 g/mol. The number of amides is 1. The van der Waals surface area contributed by atoms with Crippen molar-refractivity contribution >= 4 is 5.91 Å². The van der Waals surface area contributed by atoms with Gasteiger partial charge in [0.25, 0.3) is 5.91 Å². The first kappa shape index (κ1) is 27.3. The van der Waals surface area contributed by atoms with Gasteiger partial charge in [-0.3, -0.25) is 4.79 Å². The van der Waals surface area contributed by atoms with E-state index in [-0.39, 0.29) is 48.0 Å². The van der Waals surface area contributed by atoms with Crippen molar-refractivity contribution in [1.29, 1.82) is 0 Å². The normalized spacial score (nSPS) is 18.3. The molecule has 1 aliphatic rings. The predicted molar refractivity (Wildman–Crippen MR) is 128 cm³/mol. The van der Waals surface area contributed by atoms with Crippen molar-refractivity contribution in [2.75, 3.05) is 26.4 Å². The maximum absolute atomic E-state index is 14.4. The van der Waals surface area contributed by atoms with E-state index >= 15 is 0 Å². The third-order valence-corrected chi connectivity index (χ3v) is 6.10. The van der Waals surface area contributed by atoms with Gasteiger partial charge < -0.3 is 30.7 Å². The van der Waals surface area contributed by atoms with Gasteiger partial charge in [0.1, 0.15) is 30.5 Å². The predicted octanol–water partition coefficient (Wildman–Crippen LogP) is 3.01. The van der Waals surface area contributed by atoms with E-state index < -0.39 is 41.3 Å². The first-order chi connectivity index (χ1) is 17.9. The number of benzene rings is 2. The zero-order valence-corrected chi connectivity index (χ0v) is 20.2. The topological polar surface area (TPSA) is 127 Å². The van der Waals surface area contributed by atoms with Gasteiger partial charge in [-0.25, -0.2) is 9.37 Å². The number of ether oxygens (including phenoxy) is 2. The van der Waals surface area contributed by atoms with E-state index in [9.17, 15) is 27.5 Å². The van der Waals surface area contributed by atoms with E-state index in [0.29, 0.717) is 5.75 Å². The van der Waals surface area contributed by atoms with Crippen LogP contribution in [0.15, 0.2) is 54.6 Å². The fraction of sp³-hybridized carbons (Fsp3) is 0.308. The number of carbonyl (C=O) groups is 1. The third-order valence-electron chi connectivity index (χ3n) is 6.10. The summed E-state index contributed by atoms with van der Waals surface area (Å²) in [7, 11) is 0. The molecule has 38 heavy (non-hydrogen) atoms. The maximum Gasteiger partial charge on any atom is 0.424 e. The number of fused-ring (bicyclic) bond motifs is 1. The fourth-order valence-corrected chi connectivity index (χ4v) is 3.93. The largest absolute Gasteiger partial charge is 0.491 e. The molecule has 1 aromatic heterocycles. The number of aromatic nitrogens is 1. The summed E-state index contributed by atoms with van der Waals surface area (Å²) >= 11 is 0. The SMILES string of the molecule is C[C@@]1(N)COc2c1cc([C@](O)(CNC(=O)c1ccc(OCCO)cc1)C(F)(F)F)nc2-c1ccc(F)cc1. The molecule has 0 saturated heterocycles. The van der Waals surface area contributed by atoms with Crippen molar-refractivity contribution < 1.29 is 42.0 Å². The van der Waals surface area contributed by atoms with Gasteiger partial charge in [0.05, 0.1) is 24.4 Å². The minimum Gasteiger partial charge on any atom is -0.491 e. The van der Waals surface area contributed by atoms with E-state index in [4.69, 9.17) is 20.3 Å². The molecule has 0 fully saturated rings. The Labute approximate surface area is 215 Å². The summed E-state index contributed by atoms with van der Waals surface area (Å²) in [6.45, 7) is 0.0627. The molecule has 2 atom stereocenters. The summed E-state index contributed by atoms with van der Waals surface area (Å²) < 4.78 is 67.4. The summed E-state index contributed by atoms with van der Waals surface area (Å²) in [4.78, 5) is 16.7. The molecule has 4 rings (SSSR count). The summed E-state index contributed by atoms with van der Waals surface area (Å²) in [6, 6.07) is 11.4. The van der Waals surface area contributed by atoms with E-state index in [1.165, 1.54) is 36.4 Å². The first-order valence-corrected chi connectivity index (χ1v) is 11.5. The monoisotopic (exact) mass is 535 g/mol. The Balaban J connectivity index is 1.70. The molecule has 0 aliphatic carbocycles. The van der Waals surface area contributed by atoms with Crippen molar-refractivity contribution in [3.63, 3.8) is 0 Å². The molecule has 0 saturated carbocycles. The Morgan fingerprint density at radius 1 is 1.18 bits per heavy atom. The van der Waals surface area contributed by atoms with Crippen LogP contribution >= 0.6 is 0 Å². The number of nitrogens with two attached hydrogens (primary N) is 1. The number of nitrogens with one attached hydrogen (secondary N) is 1. The average Bonchev–Trinajstić information content (AvgIpc) is 3.19. The minimum atomic E-state index is -5.26. The lowest BCUT2D eigenvalue weighted by Gasteiger charge is -2.31. The van der Waals surface area contributed by atoms with Crippen molar-refractivity contribution in [1.82, 2.24) is 10.3 Å². The van der Waals surface area contributed by atoms with Gasteiger partial charge in [-0.15, -0.1) is 0 Å². The van der Waals surface area contributed by atoms with Crippen molar-refractivity contribution in [3.05, 3.63) is 77.2 Å². The Bertz CT molecular complexity index is 1310. The van der Waals surface area contributed by atoms with E-state index in [1.54, 1.807) is 6.92 Å². The molecular formula is C26H25F4N3O5. The quantitative estimate of drug-likeness (QED) is 0.327. The first-order valence-electron chi connectivity index (χ1n) is 11.5. The molecule has 0 spiro atoms. The van der Waals surface area contributed by atoms with Crippen LogP contribution in [0.3, 0.4) is 0 Å². The summed E-state index contributed by atoms with van der Waals surface area (Å²) in [5.74, 6) is -0.963. The Morgan fingerprint density at radius 2 is 1.84 bits per heavy atom. The highest BCUT2D eigenvalue weighted by molar-refractivity contribution is 5.94. The van der Waals surface area contributed by atoms with E-state index in [0.717, 1.165) is 18.2 Å². The molecule has 12 heteroatoms. The van der Waals surface area contributed by atoms with Crippen LogP contribution in [0.5, 0.6) is 11.5 Å². The minimum absolute atomic E-state index is 0.0164. The molecule has 0 bridgehead atoms. The van der Waals surface area contributed by atoms with E-state index in [2.05, 4.69) is 10.3 Å². The smallest absolute Gasteiger partial charge is 0.424 e. The van der Waals surface area contributed by atoms with Crippen LogP contribution in [0.4, 0.5) is 17.6 Å². The number of hydrogen-bond acceptors (Lipinski definition) is 7. The summed E-state index contributed by atoms with van der Waals surface area (Å²) in [5, 5.41) is 21.9. The number of alkyl halides is 3. The Kier molecular flexibility index (Phi) is 7.33. The number of hydrogen-bond donors (Lipinski definition) is 4. The molecule has 202 valence electrons. The van der Waals surface area contributed by atoms with E-state index in [1.807, 2.05) is 0 Å². The summed E-state index contributed by atoms with van der Waals surface area (Å²) in [6.07, 6.45) is -5.26. The zero-order valence-electron chi connectivity index (χ0n) is 20.2. The second-order valence-corrected chi connectivity index (χ2v) is 9.08. The highest BCUT2D eigenvalue weighted by Crippen LogP contribution is 2.46. The lowest BCUT2D eigenvalue weighted by atomic mass is 9.89. The lowest BCUT2D eigenvalue weighted by molar-refractivity contribution is -0.265. The molecule has 0 unspecified atom stereocenters. The second kappa shape index (κ2) is 10.2. The van der Waals surface area contributed by atoms with Crippen LogP contribution in [0.2, 0.25) is 0 Å². The maximum atomic E-state index is 14.4. The van der Waals surface area contributed by atoms with Crippen molar-refractivity contribution in [3.8, 4) is 22.8 Å². The number of halogens is 4. The highest BCUT2D eigenvalue weighted by atomic mass is 19.4. The van der Waals surface area contributed by atoms with Crippen LogP contribution in [0.1, 0.15) is 28.5 Å². The molecule has 2 aromatic carbocycles. The number of pyridine rings is 1. The van der Waals surface area contributed by atoms with Crippen LogP contribution in [-0.4, -0.2) is 53.6 Å². The summed E-state index contributed by atoms with van der Waals surface area (Å²) in [5.41, 5.74) is 1.03. The van der Waals surface area contributed by atoms with Crippen LogP contribution in [0, 0.1) is 5.82 Å². The average molecular weight is 535 g/mol. The Hall–Kier alpha value is -3.74. The van der Waals surface area contributed by atoms with Gasteiger partial charge in [-0.05, 0) is 61.5 Å². The second-order valence-electron chi connectivity index (χ2n) is 9.08. The highest BCUT2D eigenvalue weighted by Gasteiger charge is 2.57. The molecule has 8 nitrogen and oxygen atoms in total. The third kappa shape index (κ3) is 5.28. The standard InChI is InChI=1S/C26H25F4N3O5/c1-24(31)14-38-22-19(24)12-20(33-21(22)15-2-6-17(27)7-3-15)25(36,26(28,29)30)13-32-23(35)16-4-8-18(9-5-16)37-11-10-34/h2-9,12,34,36H,10-11,13-14,31H2,1H3,(H,32,35)/t24-,25-/m1/s1. The fourth-order valence-electron chi connectivity index (χ4n) is 3.93. The molecule has 3 aromatic rings. The number of aliphatic hydroxyl groups is 2. The van der Waals surface area contributed by atoms with Crippen molar-refractivity contribution in [2.45, 2.75) is 24.2 Å². The number of carbonyl (C=O) groups excluding carboxylic acids is 1. The number of aliphatic hydroxyl groups excluding tert-OH is 1. The van der Waals surface area contributed by atoms with Crippen LogP contribution in [-0.2, 0) is 11.1 Å². The molecule has 2 heterocycles. The van der Waals surface area contributed by atoms with Gasteiger partial charge >= 0.3 is 6.18 Å². The van der Waals surface area contributed by atoms with Gasteiger partial charge in [0.15, 0.2) is 5.75 Å². The zero-order chi connectivity index (χ0) is 27.7. The van der Waals surface area contributed by atoms with Gasteiger partial charge in [-0.2, -0.15) is 13.2 Å². The van der Waals surface area contributed by atoms with Crippen molar-refractivity contribution in [2.24, 2.45) is 5.73 Å².